The number of aromatic amines is 1. The highest BCUT2D eigenvalue weighted by atomic mass is 19.1. The zero-order valence-electron chi connectivity index (χ0n) is 10.6. The van der Waals surface area contributed by atoms with Crippen molar-refractivity contribution in [3.05, 3.63) is 42.0 Å². The number of amides is 2. The SMILES string of the molecule is CC(C)(NC(=O)Nc1ncn[nH]1)c1cccc(F)c1. The van der Waals surface area contributed by atoms with E-state index in [2.05, 4.69) is 25.8 Å². The van der Waals surface area contributed by atoms with Crippen molar-refractivity contribution in [2.75, 3.05) is 5.32 Å². The van der Waals surface area contributed by atoms with Crippen molar-refractivity contribution in [2.45, 2.75) is 19.4 Å². The number of anilines is 1. The van der Waals surface area contributed by atoms with Gasteiger partial charge >= 0.3 is 6.03 Å². The Morgan fingerprint density at radius 2 is 2.21 bits per heavy atom. The lowest BCUT2D eigenvalue weighted by Gasteiger charge is -2.26. The summed E-state index contributed by atoms with van der Waals surface area (Å²) >= 11 is 0. The van der Waals surface area contributed by atoms with E-state index in [0.717, 1.165) is 0 Å². The van der Waals surface area contributed by atoms with Gasteiger partial charge in [0.2, 0.25) is 5.95 Å². The standard InChI is InChI=1S/C12H14FN5O/c1-12(2,8-4-3-5-9(13)6-8)17-11(19)16-10-14-7-15-18-10/h3-7H,1-2H3,(H3,14,15,16,17,18,19). The van der Waals surface area contributed by atoms with Gasteiger partial charge in [-0.25, -0.2) is 14.3 Å². The van der Waals surface area contributed by atoms with Gasteiger partial charge in [-0.3, -0.25) is 5.32 Å². The predicted molar refractivity (Wildman–Crippen MR) is 68.0 cm³/mol. The second-order valence-corrected chi connectivity index (χ2v) is 4.55. The van der Waals surface area contributed by atoms with Crippen LogP contribution in [0.3, 0.4) is 0 Å². The van der Waals surface area contributed by atoms with E-state index in [1.165, 1.54) is 18.5 Å². The average Bonchev–Trinajstić information content (AvgIpc) is 2.81. The zero-order valence-corrected chi connectivity index (χ0v) is 10.6. The molecule has 19 heavy (non-hydrogen) atoms. The Labute approximate surface area is 109 Å². The summed E-state index contributed by atoms with van der Waals surface area (Å²) in [6, 6.07) is 5.63. The first-order valence-corrected chi connectivity index (χ1v) is 5.68. The summed E-state index contributed by atoms with van der Waals surface area (Å²) in [4.78, 5) is 15.6. The van der Waals surface area contributed by atoms with Crippen LogP contribution in [0.25, 0.3) is 0 Å². The van der Waals surface area contributed by atoms with Gasteiger partial charge in [-0.1, -0.05) is 12.1 Å². The van der Waals surface area contributed by atoms with Gasteiger partial charge in [0, 0.05) is 0 Å². The first-order chi connectivity index (χ1) is 8.97. The molecule has 2 amide bonds. The molecule has 7 heteroatoms. The van der Waals surface area contributed by atoms with Crippen molar-refractivity contribution >= 4 is 12.0 Å². The summed E-state index contributed by atoms with van der Waals surface area (Å²) in [5, 5.41) is 11.3. The molecule has 0 atom stereocenters. The quantitative estimate of drug-likeness (QED) is 0.792. The molecule has 100 valence electrons. The van der Waals surface area contributed by atoms with Gasteiger partial charge in [-0.05, 0) is 31.5 Å². The molecule has 2 rings (SSSR count). The van der Waals surface area contributed by atoms with Gasteiger partial charge in [-0.15, -0.1) is 0 Å². The number of hydrogen-bond acceptors (Lipinski definition) is 3. The first-order valence-electron chi connectivity index (χ1n) is 5.68. The Balaban J connectivity index is 2.06. The van der Waals surface area contributed by atoms with Crippen LogP contribution in [-0.2, 0) is 5.54 Å². The Morgan fingerprint density at radius 3 is 2.84 bits per heavy atom. The molecule has 0 saturated heterocycles. The van der Waals surface area contributed by atoms with Gasteiger partial charge in [-0.2, -0.15) is 10.1 Å². The minimum absolute atomic E-state index is 0.243. The van der Waals surface area contributed by atoms with Crippen molar-refractivity contribution in [2.24, 2.45) is 0 Å². The number of H-pyrrole nitrogens is 1. The summed E-state index contributed by atoms with van der Waals surface area (Å²) in [5.41, 5.74) is -0.0492. The fourth-order valence-corrected chi connectivity index (χ4v) is 1.64. The monoisotopic (exact) mass is 263 g/mol. The zero-order chi connectivity index (χ0) is 13.9. The van der Waals surface area contributed by atoms with E-state index in [-0.39, 0.29) is 11.8 Å². The molecule has 0 aliphatic rings. The highest BCUT2D eigenvalue weighted by molar-refractivity contribution is 5.87. The lowest BCUT2D eigenvalue weighted by atomic mass is 9.94. The van der Waals surface area contributed by atoms with E-state index < -0.39 is 11.6 Å². The minimum Gasteiger partial charge on any atom is -0.329 e. The van der Waals surface area contributed by atoms with Crippen LogP contribution in [0.4, 0.5) is 15.1 Å². The van der Waals surface area contributed by atoms with Crippen LogP contribution in [-0.4, -0.2) is 21.2 Å². The molecule has 1 aromatic heterocycles. The number of nitrogens with one attached hydrogen (secondary N) is 3. The van der Waals surface area contributed by atoms with Crippen molar-refractivity contribution in [3.8, 4) is 0 Å². The summed E-state index contributed by atoms with van der Waals surface area (Å²) in [6.45, 7) is 3.56. The average molecular weight is 263 g/mol. The normalized spacial score (nSPS) is 11.1. The number of benzene rings is 1. The van der Waals surface area contributed by atoms with Gasteiger partial charge in [0.1, 0.15) is 12.1 Å². The molecule has 0 radical (unpaired) electrons. The smallest absolute Gasteiger partial charge is 0.322 e. The first kappa shape index (κ1) is 13.0. The molecule has 0 spiro atoms. The molecule has 6 nitrogen and oxygen atoms in total. The van der Waals surface area contributed by atoms with Gasteiger partial charge < -0.3 is 5.32 Å². The van der Waals surface area contributed by atoms with Crippen molar-refractivity contribution in [1.82, 2.24) is 20.5 Å². The second-order valence-electron chi connectivity index (χ2n) is 4.55. The maximum Gasteiger partial charge on any atom is 0.322 e. The number of rotatable bonds is 3. The van der Waals surface area contributed by atoms with Crippen LogP contribution in [0.15, 0.2) is 30.6 Å². The molecule has 0 saturated carbocycles. The molecular formula is C12H14FN5O. The fourth-order valence-electron chi connectivity index (χ4n) is 1.64. The summed E-state index contributed by atoms with van der Waals surface area (Å²) < 4.78 is 13.2. The van der Waals surface area contributed by atoms with E-state index in [1.807, 2.05) is 0 Å². The summed E-state index contributed by atoms with van der Waals surface area (Å²) in [6.07, 6.45) is 1.29. The predicted octanol–water partition coefficient (Wildman–Crippen LogP) is 2.00. The number of carbonyl (C=O) groups is 1. The molecule has 0 fully saturated rings. The van der Waals surface area contributed by atoms with Crippen molar-refractivity contribution < 1.29 is 9.18 Å². The van der Waals surface area contributed by atoms with Crippen molar-refractivity contribution in [1.29, 1.82) is 0 Å². The van der Waals surface area contributed by atoms with Crippen LogP contribution in [0, 0.1) is 5.82 Å². The van der Waals surface area contributed by atoms with Crippen LogP contribution < -0.4 is 10.6 Å². The molecule has 1 aromatic carbocycles. The number of aromatic nitrogens is 3. The fraction of sp³-hybridized carbons (Fsp3) is 0.250. The minimum atomic E-state index is -0.716. The molecule has 0 bridgehead atoms. The third-order valence-electron chi connectivity index (χ3n) is 2.62. The maximum absolute atomic E-state index is 13.2. The van der Waals surface area contributed by atoms with Crippen LogP contribution in [0.5, 0.6) is 0 Å². The molecule has 0 unspecified atom stereocenters. The molecule has 2 aromatic rings. The van der Waals surface area contributed by atoms with Crippen LogP contribution in [0.2, 0.25) is 0 Å². The largest absolute Gasteiger partial charge is 0.329 e. The molecular weight excluding hydrogens is 249 g/mol. The lowest BCUT2D eigenvalue weighted by molar-refractivity contribution is 0.241. The third-order valence-corrected chi connectivity index (χ3v) is 2.62. The van der Waals surface area contributed by atoms with Gasteiger partial charge in [0.25, 0.3) is 0 Å². The number of nitrogens with zero attached hydrogens (tertiary/aromatic N) is 2. The Hall–Kier alpha value is -2.44. The van der Waals surface area contributed by atoms with E-state index >= 15 is 0 Å². The summed E-state index contributed by atoms with van der Waals surface area (Å²) in [5.74, 6) is -0.101. The Kier molecular flexibility index (Phi) is 3.46. The maximum atomic E-state index is 13.2. The summed E-state index contributed by atoms with van der Waals surface area (Å²) in [7, 11) is 0. The molecule has 3 N–H and O–H groups in total. The van der Waals surface area contributed by atoms with E-state index in [0.29, 0.717) is 5.56 Å². The second kappa shape index (κ2) is 5.05. The molecule has 0 aliphatic carbocycles. The topological polar surface area (TPSA) is 82.7 Å². The third kappa shape index (κ3) is 3.27. The number of halogens is 1. The Bertz CT molecular complexity index is 567. The van der Waals surface area contributed by atoms with Crippen LogP contribution in [0.1, 0.15) is 19.4 Å². The van der Waals surface area contributed by atoms with E-state index in [4.69, 9.17) is 0 Å². The van der Waals surface area contributed by atoms with Crippen molar-refractivity contribution in [3.63, 3.8) is 0 Å². The number of urea groups is 1. The lowest BCUT2D eigenvalue weighted by Crippen LogP contribution is -2.43. The van der Waals surface area contributed by atoms with Gasteiger partial charge in [0.05, 0.1) is 5.54 Å². The van der Waals surface area contributed by atoms with E-state index in [9.17, 15) is 9.18 Å². The van der Waals surface area contributed by atoms with Crippen LogP contribution >= 0.6 is 0 Å². The van der Waals surface area contributed by atoms with E-state index in [1.54, 1.807) is 26.0 Å². The highest BCUT2D eigenvalue weighted by Gasteiger charge is 2.23. The Morgan fingerprint density at radius 1 is 1.42 bits per heavy atom. The van der Waals surface area contributed by atoms with Gasteiger partial charge in [0.15, 0.2) is 0 Å². The number of carbonyl (C=O) groups excluding carboxylic acids is 1. The number of hydrogen-bond donors (Lipinski definition) is 3. The molecule has 1 heterocycles. The highest BCUT2D eigenvalue weighted by Crippen LogP contribution is 2.20. The molecule has 0 aliphatic heterocycles.